The fourth-order valence-electron chi connectivity index (χ4n) is 2.49. The molecule has 2 heterocycles. The van der Waals surface area contributed by atoms with Crippen LogP contribution in [0.3, 0.4) is 0 Å². The summed E-state index contributed by atoms with van der Waals surface area (Å²) in [6, 6.07) is 0.190. The highest BCUT2D eigenvalue weighted by molar-refractivity contribution is 5.76. The Morgan fingerprint density at radius 2 is 2.25 bits per heavy atom. The Morgan fingerprint density at radius 1 is 1.38 bits per heavy atom. The second-order valence-electron chi connectivity index (χ2n) is 4.92. The quantitative estimate of drug-likeness (QED) is 0.777. The smallest absolute Gasteiger partial charge is 0.222 e. The van der Waals surface area contributed by atoms with E-state index in [0.29, 0.717) is 12.5 Å². The van der Waals surface area contributed by atoms with Crippen LogP contribution in [-0.4, -0.2) is 42.6 Å². The summed E-state index contributed by atoms with van der Waals surface area (Å²) < 4.78 is 5.62. The highest BCUT2D eigenvalue weighted by Crippen LogP contribution is 2.18. The van der Waals surface area contributed by atoms with Crippen LogP contribution in [0, 0.1) is 0 Å². The molecule has 2 atom stereocenters. The predicted molar refractivity (Wildman–Crippen MR) is 62.0 cm³/mol. The van der Waals surface area contributed by atoms with Gasteiger partial charge in [0.15, 0.2) is 0 Å². The molecule has 0 aromatic heterocycles. The first-order valence-corrected chi connectivity index (χ1v) is 6.40. The number of nitrogens with zero attached hydrogens (tertiary/aromatic N) is 1. The maximum absolute atomic E-state index is 11.8. The Bertz CT molecular complexity index is 239. The summed E-state index contributed by atoms with van der Waals surface area (Å²) in [5.41, 5.74) is 5.78. The van der Waals surface area contributed by atoms with Crippen LogP contribution in [0.25, 0.3) is 0 Å². The molecule has 4 nitrogen and oxygen atoms in total. The van der Waals surface area contributed by atoms with Crippen molar-refractivity contribution < 1.29 is 9.53 Å². The van der Waals surface area contributed by atoms with E-state index in [2.05, 4.69) is 0 Å². The molecule has 4 heteroatoms. The number of hydrogen-bond acceptors (Lipinski definition) is 3. The molecular formula is C12H22N2O2. The molecular weight excluding hydrogens is 204 g/mol. The van der Waals surface area contributed by atoms with Crippen molar-refractivity contribution in [2.75, 3.05) is 19.7 Å². The molecule has 0 aromatic carbocycles. The molecule has 0 radical (unpaired) electrons. The van der Waals surface area contributed by atoms with Gasteiger partial charge in [-0.25, -0.2) is 0 Å². The SMILES string of the molecule is NC1CCN(C(=O)CCC2CCCCO2)C1. The van der Waals surface area contributed by atoms with Crippen molar-refractivity contribution in [2.24, 2.45) is 5.73 Å². The highest BCUT2D eigenvalue weighted by atomic mass is 16.5. The van der Waals surface area contributed by atoms with Gasteiger partial charge in [-0.1, -0.05) is 0 Å². The van der Waals surface area contributed by atoms with E-state index in [-0.39, 0.29) is 11.9 Å². The van der Waals surface area contributed by atoms with Crippen molar-refractivity contribution in [3.8, 4) is 0 Å². The number of amides is 1. The summed E-state index contributed by atoms with van der Waals surface area (Å²) in [5.74, 6) is 0.252. The fourth-order valence-corrected chi connectivity index (χ4v) is 2.49. The molecule has 2 fully saturated rings. The molecule has 0 spiro atoms. The minimum absolute atomic E-state index is 0.190. The molecule has 2 rings (SSSR count). The van der Waals surface area contributed by atoms with Crippen molar-refractivity contribution in [1.82, 2.24) is 4.90 Å². The van der Waals surface area contributed by atoms with Crippen molar-refractivity contribution in [3.05, 3.63) is 0 Å². The van der Waals surface area contributed by atoms with E-state index in [1.54, 1.807) is 0 Å². The van der Waals surface area contributed by atoms with Gasteiger partial charge in [-0.15, -0.1) is 0 Å². The molecule has 16 heavy (non-hydrogen) atoms. The van der Waals surface area contributed by atoms with Gasteiger partial charge in [0.05, 0.1) is 6.10 Å². The van der Waals surface area contributed by atoms with Crippen LogP contribution in [0.4, 0.5) is 0 Å². The Balaban J connectivity index is 1.67. The Kier molecular flexibility index (Phi) is 4.18. The largest absolute Gasteiger partial charge is 0.378 e. The van der Waals surface area contributed by atoms with E-state index >= 15 is 0 Å². The van der Waals surface area contributed by atoms with Gasteiger partial charge in [0, 0.05) is 32.2 Å². The second kappa shape index (κ2) is 5.64. The minimum atomic E-state index is 0.190. The third kappa shape index (κ3) is 3.19. The van der Waals surface area contributed by atoms with E-state index in [4.69, 9.17) is 10.5 Å². The third-order valence-corrected chi connectivity index (χ3v) is 3.53. The molecule has 0 bridgehead atoms. The number of carbonyl (C=O) groups is 1. The highest BCUT2D eigenvalue weighted by Gasteiger charge is 2.24. The van der Waals surface area contributed by atoms with E-state index in [1.807, 2.05) is 4.90 Å². The van der Waals surface area contributed by atoms with Gasteiger partial charge in [0.2, 0.25) is 5.91 Å². The van der Waals surface area contributed by atoms with Gasteiger partial charge < -0.3 is 15.4 Å². The molecule has 2 aliphatic heterocycles. The first kappa shape index (κ1) is 11.9. The third-order valence-electron chi connectivity index (χ3n) is 3.53. The lowest BCUT2D eigenvalue weighted by Crippen LogP contribution is -2.32. The number of carbonyl (C=O) groups excluding carboxylic acids is 1. The predicted octanol–water partition coefficient (Wildman–Crippen LogP) is 0.895. The fraction of sp³-hybridized carbons (Fsp3) is 0.917. The monoisotopic (exact) mass is 226 g/mol. The van der Waals surface area contributed by atoms with Crippen LogP contribution < -0.4 is 5.73 Å². The lowest BCUT2D eigenvalue weighted by Gasteiger charge is -2.23. The second-order valence-corrected chi connectivity index (χ2v) is 4.92. The topological polar surface area (TPSA) is 55.6 Å². The maximum Gasteiger partial charge on any atom is 0.222 e. The zero-order chi connectivity index (χ0) is 11.4. The molecule has 92 valence electrons. The summed E-state index contributed by atoms with van der Waals surface area (Å²) in [7, 11) is 0. The Hall–Kier alpha value is -0.610. The van der Waals surface area contributed by atoms with Crippen LogP contribution >= 0.6 is 0 Å². The van der Waals surface area contributed by atoms with E-state index in [1.165, 1.54) is 12.8 Å². The molecule has 0 aromatic rings. The molecule has 2 N–H and O–H groups in total. The molecule has 2 saturated heterocycles. The number of hydrogen-bond donors (Lipinski definition) is 1. The number of nitrogens with two attached hydrogens (primary N) is 1. The minimum Gasteiger partial charge on any atom is -0.378 e. The number of ether oxygens (including phenoxy) is 1. The van der Waals surface area contributed by atoms with Gasteiger partial charge in [0.1, 0.15) is 0 Å². The van der Waals surface area contributed by atoms with Crippen molar-refractivity contribution in [3.63, 3.8) is 0 Å². The van der Waals surface area contributed by atoms with Crippen LogP contribution in [-0.2, 0) is 9.53 Å². The summed E-state index contributed by atoms with van der Waals surface area (Å²) >= 11 is 0. The van der Waals surface area contributed by atoms with E-state index in [9.17, 15) is 4.79 Å². The van der Waals surface area contributed by atoms with Gasteiger partial charge in [-0.3, -0.25) is 4.79 Å². The van der Waals surface area contributed by atoms with Gasteiger partial charge in [0.25, 0.3) is 0 Å². The summed E-state index contributed by atoms with van der Waals surface area (Å²) in [6.07, 6.45) is 6.30. The first-order chi connectivity index (χ1) is 7.75. The molecule has 2 aliphatic rings. The van der Waals surface area contributed by atoms with Gasteiger partial charge in [-0.05, 0) is 32.1 Å². The molecule has 2 unspecified atom stereocenters. The lowest BCUT2D eigenvalue weighted by molar-refractivity contribution is -0.131. The van der Waals surface area contributed by atoms with Crippen molar-refractivity contribution >= 4 is 5.91 Å². The average Bonchev–Trinajstić information content (AvgIpc) is 2.74. The van der Waals surface area contributed by atoms with Crippen LogP contribution in [0.15, 0.2) is 0 Å². The molecule has 0 saturated carbocycles. The average molecular weight is 226 g/mol. The Labute approximate surface area is 97.1 Å². The van der Waals surface area contributed by atoms with Crippen molar-refractivity contribution in [1.29, 1.82) is 0 Å². The van der Waals surface area contributed by atoms with Crippen molar-refractivity contribution in [2.45, 2.75) is 50.7 Å². The Morgan fingerprint density at radius 3 is 2.88 bits per heavy atom. The van der Waals surface area contributed by atoms with Gasteiger partial charge >= 0.3 is 0 Å². The van der Waals surface area contributed by atoms with Crippen LogP contribution in [0.5, 0.6) is 0 Å². The molecule has 1 amide bonds. The zero-order valence-corrected chi connectivity index (χ0v) is 9.86. The van der Waals surface area contributed by atoms with Crippen LogP contribution in [0.2, 0.25) is 0 Å². The summed E-state index contributed by atoms with van der Waals surface area (Å²) in [4.78, 5) is 13.7. The number of rotatable bonds is 3. The standard InChI is InChI=1S/C12H22N2O2/c13-10-6-7-14(9-10)12(15)5-4-11-3-1-2-8-16-11/h10-11H,1-9,13H2. The first-order valence-electron chi connectivity index (χ1n) is 6.40. The molecule has 0 aliphatic carbocycles. The van der Waals surface area contributed by atoms with E-state index < -0.39 is 0 Å². The normalized spacial score (nSPS) is 30.7. The lowest BCUT2D eigenvalue weighted by atomic mass is 10.0. The summed E-state index contributed by atoms with van der Waals surface area (Å²) in [6.45, 7) is 2.45. The van der Waals surface area contributed by atoms with Gasteiger partial charge in [-0.2, -0.15) is 0 Å². The number of likely N-dealkylation sites (tertiary alicyclic amines) is 1. The van der Waals surface area contributed by atoms with Crippen LogP contribution in [0.1, 0.15) is 38.5 Å². The maximum atomic E-state index is 11.8. The summed E-state index contributed by atoms with van der Waals surface area (Å²) in [5, 5.41) is 0. The zero-order valence-electron chi connectivity index (χ0n) is 9.86. The van der Waals surface area contributed by atoms with E-state index in [0.717, 1.165) is 39.0 Å².